The molecule has 0 saturated heterocycles. The molecule has 0 heterocycles. The Morgan fingerprint density at radius 3 is 1.70 bits per heavy atom. The maximum absolute atomic E-state index is 11.4. The van der Waals surface area contributed by atoms with Gasteiger partial charge in [-0.15, -0.1) is 0 Å². The van der Waals surface area contributed by atoms with Gasteiger partial charge < -0.3 is 14.2 Å². The first kappa shape index (κ1) is 21.9. The lowest BCUT2D eigenvalue weighted by Gasteiger charge is -2.05. The van der Waals surface area contributed by atoms with Crippen LogP contribution in [0.4, 0.5) is 0 Å². The molecule has 0 aliphatic heterocycles. The zero-order valence-corrected chi connectivity index (χ0v) is 14.9. The summed E-state index contributed by atoms with van der Waals surface area (Å²) in [5, 5.41) is 0. The molecule has 0 aromatic carbocycles. The van der Waals surface area contributed by atoms with Gasteiger partial charge in [-0.2, -0.15) is 0 Å². The number of carbonyl (C=O) groups excluding carboxylic acids is 2. The first-order valence-corrected chi connectivity index (χ1v) is 9.00. The van der Waals surface area contributed by atoms with Crippen molar-refractivity contribution in [3.63, 3.8) is 0 Å². The molecule has 0 radical (unpaired) electrons. The highest BCUT2D eigenvalue weighted by Crippen LogP contribution is 2.09. The third-order valence-electron chi connectivity index (χ3n) is 3.57. The Bertz CT molecular complexity index is 291. The fraction of sp³-hybridized carbons (Fsp3) is 0.889. The van der Waals surface area contributed by atoms with Crippen molar-refractivity contribution in [2.45, 2.75) is 77.6 Å². The van der Waals surface area contributed by atoms with Gasteiger partial charge in [-0.3, -0.25) is 9.59 Å². The minimum atomic E-state index is -0.145. The fourth-order valence-electron chi connectivity index (χ4n) is 2.17. The summed E-state index contributed by atoms with van der Waals surface area (Å²) in [4.78, 5) is 22.8. The van der Waals surface area contributed by atoms with Gasteiger partial charge in [0, 0.05) is 20.0 Å². The van der Waals surface area contributed by atoms with Crippen molar-refractivity contribution in [2.24, 2.45) is 0 Å². The summed E-state index contributed by atoms with van der Waals surface area (Å²) in [7, 11) is 1.58. The second-order valence-corrected chi connectivity index (χ2v) is 5.76. The van der Waals surface area contributed by atoms with E-state index in [1.165, 1.54) is 0 Å². The minimum absolute atomic E-state index is 0.0695. The standard InChI is InChI=1S/C18H34O5/c1-3-4-11-14-22-17(19)12-9-7-5-6-8-10-13-18(20)23-16-15-21-2/h3-16H2,1-2H3. The normalized spacial score (nSPS) is 10.5. The van der Waals surface area contributed by atoms with E-state index < -0.39 is 0 Å². The van der Waals surface area contributed by atoms with Crippen molar-refractivity contribution in [2.75, 3.05) is 26.9 Å². The van der Waals surface area contributed by atoms with E-state index in [-0.39, 0.29) is 11.9 Å². The second-order valence-electron chi connectivity index (χ2n) is 5.76. The Kier molecular flexibility index (Phi) is 16.4. The highest BCUT2D eigenvalue weighted by atomic mass is 16.6. The van der Waals surface area contributed by atoms with E-state index in [4.69, 9.17) is 14.2 Å². The van der Waals surface area contributed by atoms with Gasteiger partial charge in [-0.1, -0.05) is 45.4 Å². The van der Waals surface area contributed by atoms with Crippen molar-refractivity contribution < 1.29 is 23.8 Å². The van der Waals surface area contributed by atoms with E-state index in [0.717, 1.165) is 57.8 Å². The summed E-state index contributed by atoms with van der Waals surface area (Å²) < 4.78 is 15.0. The zero-order chi connectivity index (χ0) is 17.2. The van der Waals surface area contributed by atoms with E-state index in [9.17, 15) is 9.59 Å². The molecule has 5 heteroatoms. The first-order chi connectivity index (χ1) is 11.2. The van der Waals surface area contributed by atoms with E-state index in [1.807, 2.05) is 0 Å². The Morgan fingerprint density at radius 2 is 1.17 bits per heavy atom. The maximum Gasteiger partial charge on any atom is 0.305 e. The van der Waals surface area contributed by atoms with Crippen LogP contribution in [0, 0.1) is 0 Å². The molecule has 136 valence electrons. The molecule has 0 aromatic rings. The Balaban J connectivity index is 3.23. The van der Waals surface area contributed by atoms with Crippen LogP contribution in [0.5, 0.6) is 0 Å². The number of rotatable bonds is 16. The number of ether oxygens (including phenoxy) is 3. The largest absolute Gasteiger partial charge is 0.466 e. The summed E-state index contributed by atoms with van der Waals surface area (Å²) in [6.45, 7) is 3.48. The number of esters is 2. The predicted molar refractivity (Wildman–Crippen MR) is 90.3 cm³/mol. The molecule has 0 saturated carbocycles. The quantitative estimate of drug-likeness (QED) is 0.316. The van der Waals surface area contributed by atoms with Crippen LogP contribution in [0.2, 0.25) is 0 Å². The van der Waals surface area contributed by atoms with Crippen LogP contribution in [0.3, 0.4) is 0 Å². The smallest absolute Gasteiger partial charge is 0.305 e. The molecule has 23 heavy (non-hydrogen) atoms. The van der Waals surface area contributed by atoms with Crippen molar-refractivity contribution in [1.29, 1.82) is 0 Å². The third kappa shape index (κ3) is 17.1. The van der Waals surface area contributed by atoms with Gasteiger partial charge in [-0.25, -0.2) is 0 Å². The number of methoxy groups -OCH3 is 1. The molecule has 0 aromatic heterocycles. The highest BCUT2D eigenvalue weighted by molar-refractivity contribution is 5.69. The molecular weight excluding hydrogens is 296 g/mol. The second kappa shape index (κ2) is 17.3. The van der Waals surface area contributed by atoms with E-state index in [1.54, 1.807) is 7.11 Å². The molecular formula is C18H34O5. The number of unbranched alkanes of at least 4 members (excludes halogenated alkanes) is 7. The Hall–Kier alpha value is -1.10. The molecule has 0 atom stereocenters. The average Bonchev–Trinajstić information content (AvgIpc) is 2.54. The Morgan fingerprint density at radius 1 is 0.652 bits per heavy atom. The van der Waals surface area contributed by atoms with Gasteiger partial charge in [-0.05, 0) is 19.3 Å². The van der Waals surface area contributed by atoms with E-state index in [0.29, 0.717) is 32.7 Å². The van der Waals surface area contributed by atoms with Crippen LogP contribution in [0.25, 0.3) is 0 Å². The van der Waals surface area contributed by atoms with Gasteiger partial charge in [0.2, 0.25) is 0 Å². The van der Waals surface area contributed by atoms with Crippen molar-refractivity contribution in [3.8, 4) is 0 Å². The summed E-state index contributed by atoms with van der Waals surface area (Å²) in [5.41, 5.74) is 0. The van der Waals surface area contributed by atoms with Gasteiger partial charge in [0.1, 0.15) is 6.61 Å². The van der Waals surface area contributed by atoms with Crippen molar-refractivity contribution in [3.05, 3.63) is 0 Å². The first-order valence-electron chi connectivity index (χ1n) is 9.00. The summed E-state index contributed by atoms with van der Waals surface area (Å²) in [6, 6.07) is 0. The number of carbonyl (C=O) groups is 2. The zero-order valence-electron chi connectivity index (χ0n) is 14.9. The predicted octanol–water partition coefficient (Wildman–Crippen LogP) is 4.03. The molecule has 0 aliphatic rings. The number of hydrogen-bond acceptors (Lipinski definition) is 5. The van der Waals surface area contributed by atoms with Crippen LogP contribution in [0.1, 0.15) is 77.6 Å². The maximum atomic E-state index is 11.4. The molecule has 0 aliphatic carbocycles. The summed E-state index contributed by atoms with van der Waals surface area (Å²) in [6.07, 6.45) is 10.3. The van der Waals surface area contributed by atoms with Crippen LogP contribution in [-0.2, 0) is 23.8 Å². The molecule has 0 bridgehead atoms. The van der Waals surface area contributed by atoms with Crippen molar-refractivity contribution >= 4 is 11.9 Å². The molecule has 0 amide bonds. The van der Waals surface area contributed by atoms with Crippen LogP contribution < -0.4 is 0 Å². The summed E-state index contributed by atoms with van der Waals surface area (Å²) >= 11 is 0. The van der Waals surface area contributed by atoms with Crippen LogP contribution >= 0.6 is 0 Å². The molecule has 5 nitrogen and oxygen atoms in total. The van der Waals surface area contributed by atoms with E-state index in [2.05, 4.69) is 6.92 Å². The monoisotopic (exact) mass is 330 g/mol. The van der Waals surface area contributed by atoms with Crippen LogP contribution in [0.15, 0.2) is 0 Å². The SMILES string of the molecule is CCCCCOC(=O)CCCCCCCCC(=O)OCCOC. The summed E-state index contributed by atoms with van der Waals surface area (Å²) in [5.74, 6) is -0.215. The molecule has 0 rings (SSSR count). The third-order valence-corrected chi connectivity index (χ3v) is 3.57. The average molecular weight is 330 g/mol. The van der Waals surface area contributed by atoms with Crippen molar-refractivity contribution in [1.82, 2.24) is 0 Å². The lowest BCUT2D eigenvalue weighted by molar-refractivity contribution is -0.145. The topological polar surface area (TPSA) is 61.8 Å². The molecule has 0 fully saturated rings. The highest BCUT2D eigenvalue weighted by Gasteiger charge is 2.03. The van der Waals surface area contributed by atoms with E-state index >= 15 is 0 Å². The van der Waals surface area contributed by atoms with Crippen LogP contribution in [-0.4, -0.2) is 38.9 Å². The molecule has 0 unspecified atom stereocenters. The number of hydrogen-bond donors (Lipinski definition) is 0. The minimum Gasteiger partial charge on any atom is -0.466 e. The lowest BCUT2D eigenvalue weighted by atomic mass is 10.1. The molecule has 0 spiro atoms. The van der Waals surface area contributed by atoms with Gasteiger partial charge in [0.25, 0.3) is 0 Å². The van der Waals surface area contributed by atoms with Gasteiger partial charge in [0.05, 0.1) is 13.2 Å². The van der Waals surface area contributed by atoms with Gasteiger partial charge in [0.15, 0.2) is 0 Å². The Labute approximate surface area is 141 Å². The molecule has 0 N–H and O–H groups in total. The fourth-order valence-corrected chi connectivity index (χ4v) is 2.17. The lowest BCUT2D eigenvalue weighted by Crippen LogP contribution is -2.09. The van der Waals surface area contributed by atoms with Gasteiger partial charge >= 0.3 is 11.9 Å².